The third-order valence-corrected chi connectivity index (χ3v) is 5.12. The van der Waals surface area contributed by atoms with E-state index in [1.807, 2.05) is 34.6 Å². The molecule has 1 N–H and O–H groups in total. The van der Waals surface area contributed by atoms with Gasteiger partial charge in [-0.05, 0) is 39.5 Å². The minimum atomic E-state index is -3.39. The number of methoxy groups -OCH3 is 1. The van der Waals surface area contributed by atoms with Crippen molar-refractivity contribution in [2.24, 2.45) is 5.92 Å². The average Bonchev–Trinajstić information content (AvgIpc) is 2.68. The molecule has 0 radical (unpaired) electrons. The van der Waals surface area contributed by atoms with Crippen LogP contribution in [0.2, 0.25) is 0 Å². The van der Waals surface area contributed by atoms with E-state index < -0.39 is 10.0 Å². The second-order valence-corrected chi connectivity index (χ2v) is 8.09. The highest BCUT2D eigenvalue weighted by Crippen LogP contribution is 2.15. The molecule has 0 bridgehead atoms. The molecule has 0 spiro atoms. The zero-order valence-electron chi connectivity index (χ0n) is 14.3. The molecule has 0 saturated carbocycles. The Balaban J connectivity index is 2.63. The van der Waals surface area contributed by atoms with Crippen LogP contribution in [0.1, 0.15) is 44.2 Å². The van der Waals surface area contributed by atoms with E-state index in [0.717, 1.165) is 23.4 Å². The first kappa shape index (κ1) is 19.1. The molecule has 0 amide bonds. The molecule has 0 saturated heterocycles. The summed E-state index contributed by atoms with van der Waals surface area (Å²) in [5.74, 6) is 1.10. The molecular formula is C15H28N2O4S. The maximum absolute atomic E-state index is 12.3. The van der Waals surface area contributed by atoms with Gasteiger partial charge in [-0.15, -0.1) is 0 Å². The lowest BCUT2D eigenvalue weighted by atomic mass is 10.1. The highest BCUT2D eigenvalue weighted by Gasteiger charge is 2.23. The lowest BCUT2D eigenvalue weighted by Gasteiger charge is -2.20. The Bertz CT molecular complexity index is 547. The minimum Gasteiger partial charge on any atom is -0.380 e. The van der Waals surface area contributed by atoms with E-state index in [1.54, 1.807) is 7.11 Å². The first-order valence-corrected chi connectivity index (χ1v) is 9.24. The van der Waals surface area contributed by atoms with Crippen molar-refractivity contribution < 1.29 is 17.7 Å². The first-order chi connectivity index (χ1) is 10.1. The summed E-state index contributed by atoms with van der Waals surface area (Å²) < 4.78 is 37.6. The Morgan fingerprint density at radius 1 is 1.27 bits per heavy atom. The highest BCUT2D eigenvalue weighted by molar-refractivity contribution is 7.89. The predicted octanol–water partition coefficient (Wildman–Crippen LogP) is 2.20. The quantitative estimate of drug-likeness (QED) is 0.750. The number of hydrogen-bond donors (Lipinski definition) is 1. The molecule has 22 heavy (non-hydrogen) atoms. The molecule has 0 aliphatic rings. The fourth-order valence-electron chi connectivity index (χ4n) is 2.50. The van der Waals surface area contributed by atoms with Crippen LogP contribution in [0.4, 0.5) is 0 Å². The predicted molar refractivity (Wildman–Crippen MR) is 86.3 cm³/mol. The smallest absolute Gasteiger partial charge is 0.214 e. The third kappa shape index (κ3) is 6.06. The molecule has 0 aromatic carbocycles. The lowest BCUT2D eigenvalue weighted by Crippen LogP contribution is -2.39. The van der Waals surface area contributed by atoms with Crippen LogP contribution >= 0.6 is 0 Å². The Kier molecular flexibility index (Phi) is 7.02. The van der Waals surface area contributed by atoms with Gasteiger partial charge in [0.2, 0.25) is 10.0 Å². The van der Waals surface area contributed by atoms with Crippen LogP contribution in [-0.2, 0) is 21.2 Å². The van der Waals surface area contributed by atoms with Crippen molar-refractivity contribution in [3.63, 3.8) is 0 Å². The summed E-state index contributed by atoms with van der Waals surface area (Å²) >= 11 is 0. The van der Waals surface area contributed by atoms with Gasteiger partial charge in [0.15, 0.2) is 0 Å². The molecule has 1 aromatic rings. The lowest BCUT2D eigenvalue weighted by molar-refractivity contribution is 0.102. The zero-order valence-corrected chi connectivity index (χ0v) is 15.2. The summed E-state index contributed by atoms with van der Waals surface area (Å²) in [5, 5.41) is 3.89. The van der Waals surface area contributed by atoms with E-state index >= 15 is 0 Å². The van der Waals surface area contributed by atoms with Crippen LogP contribution in [0.25, 0.3) is 0 Å². The fraction of sp³-hybridized carbons (Fsp3) is 0.800. The molecule has 1 heterocycles. The molecule has 7 heteroatoms. The molecule has 2 atom stereocenters. The fourth-order valence-corrected chi connectivity index (χ4v) is 4.05. The van der Waals surface area contributed by atoms with Crippen LogP contribution in [0.3, 0.4) is 0 Å². The van der Waals surface area contributed by atoms with Gasteiger partial charge >= 0.3 is 0 Å². The number of rotatable bonds is 9. The van der Waals surface area contributed by atoms with E-state index in [-0.39, 0.29) is 17.9 Å². The average molecular weight is 332 g/mol. The van der Waals surface area contributed by atoms with Gasteiger partial charge in [-0.1, -0.05) is 19.0 Å². The zero-order chi connectivity index (χ0) is 16.9. The van der Waals surface area contributed by atoms with Crippen LogP contribution in [0, 0.1) is 19.8 Å². The molecule has 1 rings (SSSR count). The van der Waals surface area contributed by atoms with Crippen LogP contribution in [0.5, 0.6) is 0 Å². The van der Waals surface area contributed by atoms with Gasteiger partial charge in [0, 0.05) is 18.7 Å². The van der Waals surface area contributed by atoms with Crippen molar-refractivity contribution in [2.75, 3.05) is 12.9 Å². The maximum atomic E-state index is 12.3. The number of hydrogen-bond acceptors (Lipinski definition) is 5. The standard InChI is InChI=1S/C15H28N2O4S/c1-10(2)7-14(20-6)9-22(18,19)17-11(3)8-15-12(4)16-21-13(15)5/h10-11,14,17H,7-9H2,1-6H3. The molecule has 0 aliphatic heterocycles. The number of sulfonamides is 1. The monoisotopic (exact) mass is 332 g/mol. The summed E-state index contributed by atoms with van der Waals surface area (Å²) in [6.07, 6.45) is 0.987. The van der Waals surface area contributed by atoms with E-state index in [9.17, 15) is 8.42 Å². The number of ether oxygens (including phenoxy) is 1. The van der Waals surface area contributed by atoms with Gasteiger partial charge in [-0.25, -0.2) is 13.1 Å². The number of nitrogens with one attached hydrogen (secondary N) is 1. The van der Waals surface area contributed by atoms with Crippen molar-refractivity contribution in [3.05, 3.63) is 17.0 Å². The molecule has 2 unspecified atom stereocenters. The summed E-state index contributed by atoms with van der Waals surface area (Å²) in [6.45, 7) is 9.63. The van der Waals surface area contributed by atoms with E-state index in [4.69, 9.17) is 9.26 Å². The number of aromatic nitrogens is 1. The molecule has 6 nitrogen and oxygen atoms in total. The highest BCUT2D eigenvalue weighted by atomic mass is 32.2. The Morgan fingerprint density at radius 3 is 2.36 bits per heavy atom. The van der Waals surface area contributed by atoms with Crippen molar-refractivity contribution in [2.45, 2.75) is 59.6 Å². The number of nitrogens with zero attached hydrogens (tertiary/aromatic N) is 1. The van der Waals surface area contributed by atoms with Crippen molar-refractivity contribution in [3.8, 4) is 0 Å². The van der Waals surface area contributed by atoms with Gasteiger partial charge in [0.1, 0.15) is 5.76 Å². The molecule has 128 valence electrons. The van der Waals surface area contributed by atoms with Crippen LogP contribution < -0.4 is 4.72 Å². The second kappa shape index (κ2) is 8.08. The first-order valence-electron chi connectivity index (χ1n) is 7.59. The summed E-state index contributed by atoms with van der Waals surface area (Å²) in [4.78, 5) is 0. The minimum absolute atomic E-state index is 0.0202. The van der Waals surface area contributed by atoms with Gasteiger partial charge in [-0.2, -0.15) is 0 Å². The largest absolute Gasteiger partial charge is 0.380 e. The Hall–Kier alpha value is -0.920. The summed E-state index contributed by atoms with van der Waals surface area (Å²) in [6, 6.07) is -0.224. The molecule has 0 fully saturated rings. The van der Waals surface area contributed by atoms with Crippen molar-refractivity contribution in [1.82, 2.24) is 9.88 Å². The molecular weight excluding hydrogens is 304 g/mol. The van der Waals surface area contributed by atoms with Gasteiger partial charge in [0.05, 0.1) is 17.6 Å². The van der Waals surface area contributed by atoms with Crippen molar-refractivity contribution >= 4 is 10.0 Å². The SMILES string of the molecule is COC(CC(C)C)CS(=O)(=O)NC(C)Cc1c(C)noc1C. The van der Waals surface area contributed by atoms with Gasteiger partial charge < -0.3 is 9.26 Å². The van der Waals surface area contributed by atoms with E-state index in [0.29, 0.717) is 12.3 Å². The summed E-state index contributed by atoms with van der Waals surface area (Å²) in [5.41, 5.74) is 1.76. The Morgan fingerprint density at radius 2 is 1.91 bits per heavy atom. The van der Waals surface area contributed by atoms with Crippen molar-refractivity contribution in [1.29, 1.82) is 0 Å². The van der Waals surface area contributed by atoms with Gasteiger partial charge in [0.25, 0.3) is 0 Å². The van der Waals surface area contributed by atoms with Gasteiger partial charge in [-0.3, -0.25) is 0 Å². The Labute approximate surface area is 133 Å². The van der Waals surface area contributed by atoms with E-state index in [2.05, 4.69) is 9.88 Å². The van der Waals surface area contributed by atoms with E-state index in [1.165, 1.54) is 0 Å². The molecule has 0 aliphatic carbocycles. The topological polar surface area (TPSA) is 81.4 Å². The second-order valence-electron chi connectivity index (χ2n) is 6.29. The number of aryl methyl sites for hydroxylation is 2. The normalized spacial score (nSPS) is 15.2. The van der Waals surface area contributed by atoms with Crippen LogP contribution in [0.15, 0.2) is 4.52 Å². The maximum Gasteiger partial charge on any atom is 0.214 e. The third-order valence-electron chi connectivity index (χ3n) is 3.55. The summed E-state index contributed by atoms with van der Waals surface area (Å²) in [7, 11) is -1.84. The van der Waals surface area contributed by atoms with Crippen LogP contribution in [-0.4, -0.2) is 38.6 Å². The molecule has 1 aromatic heterocycles.